The van der Waals surface area contributed by atoms with Crippen molar-refractivity contribution >= 4 is 36.4 Å². The van der Waals surface area contributed by atoms with Gasteiger partial charge in [0.2, 0.25) is 9.84 Å². The zero-order valence-electron chi connectivity index (χ0n) is 17.4. The van der Waals surface area contributed by atoms with Gasteiger partial charge in [-0.3, -0.25) is 4.28 Å². The van der Waals surface area contributed by atoms with Crippen LogP contribution in [-0.4, -0.2) is 27.8 Å². The fourth-order valence-electron chi connectivity index (χ4n) is 3.29. The number of hydrogen-bond donors (Lipinski definition) is 0. The minimum atomic E-state index is -5.29. The van der Waals surface area contributed by atoms with E-state index in [1.165, 1.54) is 66.7 Å². The Morgan fingerprint density at radius 3 is 1.94 bits per heavy atom. The summed E-state index contributed by atoms with van der Waals surface area (Å²) in [5.41, 5.74) is -1.68. The molecule has 0 aromatic heterocycles. The number of oxime groups is 1. The molecule has 4 aromatic carbocycles. The van der Waals surface area contributed by atoms with Gasteiger partial charge in [0.25, 0.3) is 0 Å². The third-order valence-electron chi connectivity index (χ3n) is 4.96. The van der Waals surface area contributed by atoms with Gasteiger partial charge in [-0.2, -0.15) is 17.2 Å². The highest BCUT2D eigenvalue weighted by molar-refractivity contribution is 7.93. The molecule has 0 aliphatic heterocycles. The molecule has 0 spiro atoms. The molecule has 0 fully saturated rings. The van der Waals surface area contributed by atoms with Crippen molar-refractivity contribution in [2.24, 2.45) is 5.16 Å². The van der Waals surface area contributed by atoms with Crippen molar-refractivity contribution in [3.8, 4) is 0 Å². The Kier molecular flexibility index (Phi) is 6.20. The number of fused-ring (bicyclic) bond motifs is 1. The zero-order valence-corrected chi connectivity index (χ0v) is 19.0. The molecule has 0 N–H and O–H groups in total. The van der Waals surface area contributed by atoms with E-state index in [1.807, 2.05) is 0 Å². The van der Waals surface area contributed by atoms with Crippen LogP contribution in [0, 0.1) is 0 Å². The molecule has 174 valence electrons. The summed E-state index contributed by atoms with van der Waals surface area (Å²) in [4.78, 5) is -0.948. The molecule has 4 rings (SSSR count). The summed E-state index contributed by atoms with van der Waals surface area (Å²) >= 11 is 0. The van der Waals surface area contributed by atoms with Crippen molar-refractivity contribution in [3.05, 3.63) is 109 Å². The summed E-state index contributed by atoms with van der Waals surface area (Å²) in [7, 11) is -9.97. The van der Waals surface area contributed by atoms with Gasteiger partial charge in [-0.25, -0.2) is 8.42 Å². The molecule has 0 radical (unpaired) electrons. The Hall–Kier alpha value is -3.63. The van der Waals surface area contributed by atoms with Gasteiger partial charge in [0, 0.05) is 10.9 Å². The average Bonchev–Trinajstić information content (AvgIpc) is 2.84. The molecule has 0 unspecified atom stereocenters. The van der Waals surface area contributed by atoms with E-state index in [2.05, 4.69) is 9.44 Å². The van der Waals surface area contributed by atoms with Crippen molar-refractivity contribution in [1.29, 1.82) is 0 Å². The predicted octanol–water partition coefficient (Wildman–Crippen LogP) is 5.02. The van der Waals surface area contributed by atoms with Gasteiger partial charge in [-0.1, -0.05) is 90.1 Å². The van der Waals surface area contributed by atoms with Crippen LogP contribution in [0.2, 0.25) is 0 Å². The summed E-state index contributed by atoms with van der Waals surface area (Å²) in [5, 5.41) is -0.519. The van der Waals surface area contributed by atoms with Crippen LogP contribution in [-0.2, 0) is 24.2 Å². The van der Waals surface area contributed by atoms with Gasteiger partial charge in [0.15, 0.2) is 5.71 Å². The molecule has 4 aromatic rings. The number of benzene rings is 4. The van der Waals surface area contributed by atoms with E-state index in [0.29, 0.717) is 10.8 Å². The second kappa shape index (κ2) is 8.96. The molecule has 0 heterocycles. The van der Waals surface area contributed by atoms with Gasteiger partial charge in [-0.05, 0) is 23.6 Å². The molecule has 0 atom stereocenters. The summed E-state index contributed by atoms with van der Waals surface area (Å²) in [6.07, 6.45) is 0. The lowest BCUT2D eigenvalue weighted by atomic mass is 10.1. The molecule has 34 heavy (non-hydrogen) atoms. The summed E-state index contributed by atoms with van der Waals surface area (Å²) in [5.74, 6) is 0. The van der Waals surface area contributed by atoms with Crippen LogP contribution >= 0.6 is 0 Å². The highest BCUT2D eigenvalue weighted by Gasteiger charge is 2.52. The largest absolute Gasteiger partial charge is 0.395 e. The van der Waals surface area contributed by atoms with Crippen molar-refractivity contribution < 1.29 is 29.9 Å². The van der Waals surface area contributed by atoms with Gasteiger partial charge >= 0.3 is 15.4 Å². The van der Waals surface area contributed by atoms with Crippen molar-refractivity contribution in [1.82, 2.24) is 0 Å². The molecule has 0 aliphatic carbocycles. The van der Waals surface area contributed by atoms with Crippen LogP contribution < -0.4 is 0 Å². The Bertz CT molecular complexity index is 1570. The third-order valence-corrected chi connectivity index (χ3v) is 7.89. The summed E-state index contributed by atoms with van der Waals surface area (Å²) in [6.45, 7) is 0. The van der Waals surface area contributed by atoms with E-state index < -0.39 is 35.8 Å². The Morgan fingerprint density at radius 1 is 0.706 bits per heavy atom. The van der Waals surface area contributed by atoms with Crippen LogP contribution in [0.5, 0.6) is 0 Å². The van der Waals surface area contributed by atoms with Crippen LogP contribution in [0.3, 0.4) is 0 Å². The molecule has 10 heteroatoms. The van der Waals surface area contributed by atoms with Crippen LogP contribution in [0.4, 0.5) is 8.78 Å². The maximum absolute atomic E-state index is 15.5. The van der Waals surface area contributed by atoms with E-state index in [4.69, 9.17) is 0 Å². The Morgan fingerprint density at radius 2 is 1.26 bits per heavy atom. The highest BCUT2D eigenvalue weighted by Crippen LogP contribution is 2.34. The first-order chi connectivity index (χ1) is 16.1. The van der Waals surface area contributed by atoms with E-state index in [9.17, 15) is 16.8 Å². The zero-order chi connectivity index (χ0) is 24.4. The molecule has 0 saturated carbocycles. The first kappa shape index (κ1) is 23.5. The number of hydrogen-bond acceptors (Lipinski definition) is 6. The van der Waals surface area contributed by atoms with Gasteiger partial charge in [0.1, 0.15) is 4.90 Å². The molecule has 0 aliphatic rings. The van der Waals surface area contributed by atoms with E-state index in [0.717, 1.165) is 12.1 Å². The maximum atomic E-state index is 15.5. The average molecular weight is 502 g/mol. The lowest BCUT2D eigenvalue weighted by Crippen LogP contribution is -2.39. The van der Waals surface area contributed by atoms with Gasteiger partial charge in [0.05, 0.1) is 4.90 Å². The number of rotatable bonds is 7. The Labute approximate surface area is 195 Å². The monoisotopic (exact) mass is 501 g/mol. The molecule has 6 nitrogen and oxygen atoms in total. The minimum absolute atomic E-state index is 0.295. The topological polar surface area (TPSA) is 89.9 Å². The van der Waals surface area contributed by atoms with Crippen molar-refractivity contribution in [2.45, 2.75) is 15.0 Å². The fraction of sp³-hybridized carbons (Fsp3) is 0.0417. The quantitative estimate of drug-likeness (QED) is 0.262. The predicted molar refractivity (Wildman–Crippen MR) is 124 cm³/mol. The Balaban J connectivity index is 1.83. The number of halogens is 2. The number of nitrogens with zero attached hydrogens (tertiary/aromatic N) is 1. The number of alkyl halides is 2. The lowest BCUT2D eigenvalue weighted by molar-refractivity contribution is 0.164. The molecule has 0 amide bonds. The lowest BCUT2D eigenvalue weighted by Gasteiger charge is -2.19. The first-order valence-corrected chi connectivity index (χ1v) is 12.8. The van der Waals surface area contributed by atoms with E-state index in [1.54, 1.807) is 24.3 Å². The second-order valence-corrected chi connectivity index (χ2v) is 10.6. The van der Waals surface area contributed by atoms with Crippen LogP contribution in [0.1, 0.15) is 5.56 Å². The van der Waals surface area contributed by atoms with E-state index in [-0.39, 0.29) is 10.5 Å². The van der Waals surface area contributed by atoms with Gasteiger partial charge < -0.3 is 0 Å². The van der Waals surface area contributed by atoms with E-state index >= 15 is 8.78 Å². The first-order valence-electron chi connectivity index (χ1n) is 9.87. The van der Waals surface area contributed by atoms with Crippen molar-refractivity contribution in [3.63, 3.8) is 0 Å². The normalized spacial score (nSPS) is 13.1. The molecule has 0 bridgehead atoms. The van der Waals surface area contributed by atoms with Crippen LogP contribution in [0.25, 0.3) is 10.8 Å². The maximum Gasteiger partial charge on any atom is 0.395 e. The second-order valence-electron chi connectivity index (χ2n) is 7.15. The minimum Gasteiger partial charge on any atom is -0.264 e. The standard InChI is InChI=1S/C24H17F2NO5S2/c25-24(26,33(28,29)20-14-5-2-6-15-20)23(19-11-3-1-4-12-19)27-32-34(30,31)22-17-9-13-18-10-7-8-16-21(18)22/h1-17H. The molecular weight excluding hydrogens is 484 g/mol. The summed E-state index contributed by atoms with van der Waals surface area (Å²) < 4.78 is 87.0. The summed E-state index contributed by atoms with van der Waals surface area (Å²) in [6, 6.07) is 23.7. The molecule has 0 saturated heterocycles. The molecular formula is C24H17F2NO5S2. The van der Waals surface area contributed by atoms with Crippen molar-refractivity contribution in [2.75, 3.05) is 0 Å². The fourth-order valence-corrected chi connectivity index (χ4v) is 5.46. The van der Waals surface area contributed by atoms with Crippen LogP contribution in [0.15, 0.2) is 118 Å². The highest BCUT2D eigenvalue weighted by atomic mass is 32.2. The smallest absolute Gasteiger partial charge is 0.264 e. The van der Waals surface area contributed by atoms with Gasteiger partial charge in [-0.15, -0.1) is 0 Å². The third kappa shape index (κ3) is 4.29. The SMILES string of the molecule is O=S(=O)(ON=C(c1ccccc1)C(F)(F)S(=O)(=O)c1ccccc1)c1cccc2ccccc12. The number of sulfone groups is 1.